The average molecular weight is 288 g/mol. The number of aliphatic hydroxyl groups excluding tert-OH is 1. The molecule has 2 aromatic carbocycles. The third-order valence-electron chi connectivity index (χ3n) is 3.02. The normalized spacial score (nSPS) is 11.8. The van der Waals surface area contributed by atoms with Gasteiger partial charge in [-0.1, -0.05) is 24.3 Å². The molecular formula is C16H17FN2O2. The first-order chi connectivity index (χ1) is 10.0. The molecule has 21 heavy (non-hydrogen) atoms. The number of urea groups is 1. The zero-order chi connectivity index (χ0) is 15.2. The number of hydrogen-bond acceptors (Lipinski definition) is 2. The Balaban J connectivity index is 1.84. The van der Waals surface area contributed by atoms with E-state index in [0.29, 0.717) is 12.2 Å². The fourth-order valence-corrected chi connectivity index (χ4v) is 1.80. The van der Waals surface area contributed by atoms with Crippen LogP contribution in [0.25, 0.3) is 0 Å². The van der Waals surface area contributed by atoms with Gasteiger partial charge in [-0.15, -0.1) is 0 Å². The van der Waals surface area contributed by atoms with Gasteiger partial charge < -0.3 is 15.7 Å². The third kappa shape index (κ3) is 4.57. The van der Waals surface area contributed by atoms with E-state index in [2.05, 4.69) is 10.6 Å². The Morgan fingerprint density at radius 2 is 1.76 bits per heavy atom. The molecule has 3 N–H and O–H groups in total. The van der Waals surface area contributed by atoms with Gasteiger partial charge in [-0.3, -0.25) is 0 Å². The zero-order valence-corrected chi connectivity index (χ0v) is 11.6. The molecule has 110 valence electrons. The number of rotatable bonds is 4. The van der Waals surface area contributed by atoms with Crippen molar-refractivity contribution >= 4 is 11.7 Å². The standard InChI is InChI=1S/C16H17FN2O2/c1-11(20)13-4-2-12(3-5-13)10-18-16(21)19-15-8-6-14(17)7-9-15/h2-9,11,20H,10H2,1H3,(H2,18,19,21). The highest BCUT2D eigenvalue weighted by Crippen LogP contribution is 2.12. The van der Waals surface area contributed by atoms with Crippen molar-refractivity contribution in [2.45, 2.75) is 19.6 Å². The summed E-state index contributed by atoms with van der Waals surface area (Å²) in [7, 11) is 0. The Labute approximate surface area is 122 Å². The Bertz CT molecular complexity index is 595. The molecule has 0 radical (unpaired) electrons. The Hall–Kier alpha value is -2.40. The van der Waals surface area contributed by atoms with E-state index in [-0.39, 0.29) is 11.8 Å². The van der Waals surface area contributed by atoms with Gasteiger partial charge in [0.05, 0.1) is 6.10 Å². The molecule has 1 atom stereocenters. The summed E-state index contributed by atoms with van der Waals surface area (Å²) < 4.78 is 12.7. The lowest BCUT2D eigenvalue weighted by Crippen LogP contribution is -2.28. The molecule has 0 bridgehead atoms. The summed E-state index contributed by atoms with van der Waals surface area (Å²) in [4.78, 5) is 11.7. The van der Waals surface area contributed by atoms with Crippen LogP contribution in [0, 0.1) is 5.82 Å². The molecule has 5 heteroatoms. The fourth-order valence-electron chi connectivity index (χ4n) is 1.80. The lowest BCUT2D eigenvalue weighted by molar-refractivity contribution is 0.199. The Kier molecular flexibility index (Phi) is 4.90. The predicted molar refractivity (Wildman–Crippen MR) is 79.3 cm³/mol. The van der Waals surface area contributed by atoms with E-state index >= 15 is 0 Å². The van der Waals surface area contributed by atoms with Crippen LogP contribution in [0.3, 0.4) is 0 Å². The molecular weight excluding hydrogens is 271 g/mol. The van der Waals surface area contributed by atoms with Crippen LogP contribution in [0.1, 0.15) is 24.2 Å². The van der Waals surface area contributed by atoms with Crippen LogP contribution in [-0.4, -0.2) is 11.1 Å². The fraction of sp³-hybridized carbons (Fsp3) is 0.188. The lowest BCUT2D eigenvalue weighted by Gasteiger charge is -2.09. The van der Waals surface area contributed by atoms with Crippen LogP contribution >= 0.6 is 0 Å². The first-order valence-corrected chi connectivity index (χ1v) is 6.62. The Morgan fingerprint density at radius 1 is 1.14 bits per heavy atom. The molecule has 2 amide bonds. The van der Waals surface area contributed by atoms with Gasteiger partial charge in [0, 0.05) is 12.2 Å². The van der Waals surface area contributed by atoms with E-state index < -0.39 is 6.10 Å². The zero-order valence-electron chi connectivity index (χ0n) is 11.6. The van der Waals surface area contributed by atoms with Crippen LogP contribution in [0.4, 0.5) is 14.9 Å². The number of nitrogens with one attached hydrogen (secondary N) is 2. The molecule has 0 saturated heterocycles. The molecule has 1 unspecified atom stereocenters. The summed E-state index contributed by atoms with van der Waals surface area (Å²) in [6, 6.07) is 12.5. The number of halogens is 1. The summed E-state index contributed by atoms with van der Waals surface area (Å²) in [5, 5.41) is 14.7. The maximum atomic E-state index is 12.7. The van der Waals surface area contributed by atoms with Gasteiger partial charge in [-0.2, -0.15) is 0 Å². The summed E-state index contributed by atoms with van der Waals surface area (Å²) in [6.45, 7) is 2.07. The highest BCUT2D eigenvalue weighted by atomic mass is 19.1. The first-order valence-electron chi connectivity index (χ1n) is 6.62. The molecule has 0 saturated carbocycles. The molecule has 0 fully saturated rings. The minimum Gasteiger partial charge on any atom is -0.389 e. The van der Waals surface area contributed by atoms with Crippen molar-refractivity contribution in [3.05, 3.63) is 65.5 Å². The van der Waals surface area contributed by atoms with Gasteiger partial charge in [0.15, 0.2) is 0 Å². The number of benzene rings is 2. The van der Waals surface area contributed by atoms with Crippen molar-refractivity contribution in [1.82, 2.24) is 5.32 Å². The number of hydrogen-bond donors (Lipinski definition) is 3. The van der Waals surface area contributed by atoms with E-state index in [9.17, 15) is 14.3 Å². The molecule has 0 aromatic heterocycles. The predicted octanol–water partition coefficient (Wildman–Crippen LogP) is 3.20. The van der Waals surface area contributed by atoms with Crippen molar-refractivity contribution in [2.24, 2.45) is 0 Å². The minimum atomic E-state index is -0.506. The van der Waals surface area contributed by atoms with Crippen LogP contribution < -0.4 is 10.6 Å². The van der Waals surface area contributed by atoms with Gasteiger partial charge in [0.2, 0.25) is 0 Å². The number of carbonyl (C=O) groups excluding carboxylic acids is 1. The molecule has 0 aliphatic carbocycles. The molecule has 0 aliphatic heterocycles. The van der Waals surface area contributed by atoms with E-state index in [1.807, 2.05) is 24.3 Å². The van der Waals surface area contributed by atoms with Crippen molar-refractivity contribution in [2.75, 3.05) is 5.32 Å². The quantitative estimate of drug-likeness (QED) is 0.809. The molecule has 0 heterocycles. The summed E-state index contributed by atoms with van der Waals surface area (Å²) >= 11 is 0. The number of amides is 2. The van der Waals surface area contributed by atoms with Crippen molar-refractivity contribution in [3.8, 4) is 0 Å². The van der Waals surface area contributed by atoms with Crippen molar-refractivity contribution in [3.63, 3.8) is 0 Å². The molecule has 0 spiro atoms. The average Bonchev–Trinajstić information content (AvgIpc) is 2.48. The van der Waals surface area contributed by atoms with E-state index in [1.54, 1.807) is 6.92 Å². The van der Waals surface area contributed by atoms with Gasteiger partial charge in [0.1, 0.15) is 5.82 Å². The molecule has 2 aromatic rings. The van der Waals surface area contributed by atoms with Gasteiger partial charge in [0.25, 0.3) is 0 Å². The maximum Gasteiger partial charge on any atom is 0.319 e. The maximum absolute atomic E-state index is 12.7. The monoisotopic (exact) mass is 288 g/mol. The largest absolute Gasteiger partial charge is 0.389 e. The topological polar surface area (TPSA) is 61.4 Å². The van der Waals surface area contributed by atoms with Crippen LogP contribution in [0.2, 0.25) is 0 Å². The number of carbonyl (C=O) groups is 1. The van der Waals surface area contributed by atoms with E-state index in [4.69, 9.17) is 0 Å². The van der Waals surface area contributed by atoms with E-state index in [1.165, 1.54) is 24.3 Å². The second kappa shape index (κ2) is 6.85. The molecule has 2 rings (SSSR count). The third-order valence-corrected chi connectivity index (χ3v) is 3.02. The van der Waals surface area contributed by atoms with Gasteiger partial charge in [-0.25, -0.2) is 9.18 Å². The second-order valence-electron chi connectivity index (χ2n) is 4.73. The minimum absolute atomic E-state index is 0.348. The number of anilines is 1. The SMILES string of the molecule is CC(O)c1ccc(CNC(=O)Nc2ccc(F)cc2)cc1. The Morgan fingerprint density at radius 3 is 2.33 bits per heavy atom. The summed E-state index contributed by atoms with van der Waals surface area (Å²) in [6.07, 6.45) is -0.506. The second-order valence-corrected chi connectivity index (χ2v) is 4.73. The van der Waals surface area contributed by atoms with E-state index in [0.717, 1.165) is 11.1 Å². The molecule has 4 nitrogen and oxygen atoms in total. The lowest BCUT2D eigenvalue weighted by atomic mass is 10.1. The van der Waals surface area contributed by atoms with Crippen molar-refractivity contribution < 1.29 is 14.3 Å². The highest BCUT2D eigenvalue weighted by Gasteiger charge is 2.03. The van der Waals surface area contributed by atoms with Crippen LogP contribution in [0.5, 0.6) is 0 Å². The van der Waals surface area contributed by atoms with Gasteiger partial charge >= 0.3 is 6.03 Å². The van der Waals surface area contributed by atoms with Crippen LogP contribution in [0.15, 0.2) is 48.5 Å². The van der Waals surface area contributed by atoms with Crippen molar-refractivity contribution in [1.29, 1.82) is 0 Å². The molecule has 0 aliphatic rings. The van der Waals surface area contributed by atoms with Gasteiger partial charge in [-0.05, 0) is 42.3 Å². The van der Waals surface area contributed by atoms with Crippen LogP contribution in [-0.2, 0) is 6.54 Å². The summed E-state index contributed by atoms with van der Waals surface area (Å²) in [5.74, 6) is -0.348. The number of aliphatic hydroxyl groups is 1. The summed E-state index contributed by atoms with van der Waals surface area (Å²) in [5.41, 5.74) is 2.28. The smallest absolute Gasteiger partial charge is 0.319 e. The highest BCUT2D eigenvalue weighted by molar-refractivity contribution is 5.89. The first kappa shape index (κ1) is 15.0.